The molecule has 1 aliphatic heterocycles. The molecule has 11 heavy (non-hydrogen) atoms. The highest BCUT2D eigenvalue weighted by atomic mass is 16.6. The summed E-state index contributed by atoms with van der Waals surface area (Å²) in [4.78, 5) is 0. The molecule has 0 unspecified atom stereocenters. The zero-order chi connectivity index (χ0) is 8.10. The molecular weight excluding hydrogens is 142 g/mol. The minimum atomic E-state index is 0.256. The maximum atomic E-state index is 5.44. The molecule has 1 fully saturated rings. The smallest absolute Gasteiger partial charge is 0.0933 e. The number of nitrogens with one attached hydrogen (secondary N) is 1. The first-order chi connectivity index (χ1) is 5.29. The summed E-state index contributed by atoms with van der Waals surface area (Å²) < 4.78 is 10.7. The lowest BCUT2D eigenvalue weighted by molar-refractivity contribution is -0.0868. The molecule has 0 bridgehead atoms. The lowest BCUT2D eigenvalue weighted by Gasteiger charge is -2.23. The fourth-order valence-corrected chi connectivity index (χ4v) is 1.02. The molecule has 1 N–H and O–H groups in total. The maximum absolute atomic E-state index is 5.44. The first-order valence-corrected chi connectivity index (χ1v) is 4.22. The molecule has 0 aromatic carbocycles. The molecule has 1 heterocycles. The average molecular weight is 159 g/mol. The van der Waals surface area contributed by atoms with Crippen LogP contribution in [0.3, 0.4) is 0 Å². The Bertz CT molecular complexity index is 100. The van der Waals surface area contributed by atoms with Crippen LogP contribution in [-0.2, 0) is 9.47 Å². The van der Waals surface area contributed by atoms with Crippen molar-refractivity contribution in [1.29, 1.82) is 0 Å². The number of hydrogen-bond donors (Lipinski definition) is 1. The van der Waals surface area contributed by atoms with Gasteiger partial charge in [-0.1, -0.05) is 13.8 Å². The van der Waals surface area contributed by atoms with E-state index in [9.17, 15) is 0 Å². The van der Waals surface area contributed by atoms with E-state index in [-0.39, 0.29) is 6.10 Å². The van der Waals surface area contributed by atoms with Gasteiger partial charge in [-0.2, -0.15) is 0 Å². The topological polar surface area (TPSA) is 30.5 Å². The van der Waals surface area contributed by atoms with Crippen molar-refractivity contribution < 1.29 is 9.47 Å². The van der Waals surface area contributed by atoms with Crippen LogP contribution >= 0.6 is 0 Å². The van der Waals surface area contributed by atoms with Gasteiger partial charge in [0.15, 0.2) is 0 Å². The van der Waals surface area contributed by atoms with Crippen LogP contribution in [-0.4, -0.2) is 38.5 Å². The third-order valence-electron chi connectivity index (χ3n) is 1.64. The maximum Gasteiger partial charge on any atom is 0.0933 e. The largest absolute Gasteiger partial charge is 0.376 e. The van der Waals surface area contributed by atoms with Gasteiger partial charge in [-0.3, -0.25) is 0 Å². The zero-order valence-corrected chi connectivity index (χ0v) is 7.30. The Balaban J connectivity index is 2.05. The van der Waals surface area contributed by atoms with Gasteiger partial charge in [0.2, 0.25) is 0 Å². The third kappa shape index (κ3) is 3.70. The summed E-state index contributed by atoms with van der Waals surface area (Å²) in [5.74, 6) is 0. The van der Waals surface area contributed by atoms with Crippen LogP contribution in [0.4, 0.5) is 0 Å². The molecule has 0 aromatic heterocycles. The Hall–Kier alpha value is -0.120. The molecule has 1 saturated heterocycles. The van der Waals surface area contributed by atoms with E-state index in [0.29, 0.717) is 6.04 Å². The fraction of sp³-hybridized carbons (Fsp3) is 1.00. The van der Waals surface area contributed by atoms with Gasteiger partial charge in [-0.05, 0) is 0 Å². The van der Waals surface area contributed by atoms with E-state index < -0.39 is 0 Å². The number of hydrogen-bond acceptors (Lipinski definition) is 3. The monoisotopic (exact) mass is 159 g/mol. The molecule has 1 aliphatic rings. The van der Waals surface area contributed by atoms with Crippen molar-refractivity contribution in [2.24, 2.45) is 0 Å². The third-order valence-corrected chi connectivity index (χ3v) is 1.64. The molecule has 0 spiro atoms. The van der Waals surface area contributed by atoms with Gasteiger partial charge in [0.25, 0.3) is 0 Å². The summed E-state index contributed by atoms with van der Waals surface area (Å²) in [5, 5.41) is 3.31. The Kier molecular flexibility index (Phi) is 3.83. The van der Waals surface area contributed by atoms with Gasteiger partial charge >= 0.3 is 0 Å². The van der Waals surface area contributed by atoms with Gasteiger partial charge < -0.3 is 14.8 Å². The van der Waals surface area contributed by atoms with Crippen molar-refractivity contribution in [1.82, 2.24) is 5.32 Å². The second kappa shape index (κ2) is 4.70. The van der Waals surface area contributed by atoms with Gasteiger partial charge in [0, 0.05) is 12.6 Å². The van der Waals surface area contributed by atoms with Crippen molar-refractivity contribution in [3.63, 3.8) is 0 Å². The summed E-state index contributed by atoms with van der Waals surface area (Å²) in [6.45, 7) is 7.38. The van der Waals surface area contributed by atoms with E-state index in [1.807, 2.05) is 0 Å². The highest BCUT2D eigenvalue weighted by molar-refractivity contribution is 4.65. The summed E-state index contributed by atoms with van der Waals surface area (Å²) in [6.07, 6.45) is 0.256. The normalized spacial score (nSPS) is 25.9. The van der Waals surface area contributed by atoms with E-state index in [2.05, 4.69) is 19.2 Å². The molecule has 0 amide bonds. The minimum Gasteiger partial charge on any atom is -0.376 e. The molecule has 0 aromatic rings. The van der Waals surface area contributed by atoms with Crippen LogP contribution in [0.25, 0.3) is 0 Å². The Morgan fingerprint density at radius 1 is 1.45 bits per heavy atom. The van der Waals surface area contributed by atoms with Gasteiger partial charge in [-0.15, -0.1) is 0 Å². The predicted molar refractivity (Wildman–Crippen MR) is 43.7 cm³/mol. The van der Waals surface area contributed by atoms with Crippen molar-refractivity contribution in [3.8, 4) is 0 Å². The molecule has 0 radical (unpaired) electrons. The van der Waals surface area contributed by atoms with Crippen molar-refractivity contribution in [2.45, 2.75) is 26.0 Å². The van der Waals surface area contributed by atoms with Crippen LogP contribution in [0.15, 0.2) is 0 Å². The van der Waals surface area contributed by atoms with Crippen LogP contribution < -0.4 is 5.32 Å². The molecule has 3 nitrogen and oxygen atoms in total. The SMILES string of the molecule is CC(C)NC[C@H]1COCCO1. The lowest BCUT2D eigenvalue weighted by atomic mass is 10.3. The van der Waals surface area contributed by atoms with E-state index in [1.165, 1.54) is 0 Å². The molecule has 66 valence electrons. The molecular formula is C8H17NO2. The van der Waals surface area contributed by atoms with Crippen molar-refractivity contribution >= 4 is 0 Å². The number of rotatable bonds is 3. The first kappa shape index (κ1) is 8.97. The first-order valence-electron chi connectivity index (χ1n) is 4.22. The summed E-state index contributed by atoms with van der Waals surface area (Å²) >= 11 is 0. The second-order valence-corrected chi connectivity index (χ2v) is 3.13. The average Bonchev–Trinajstić information content (AvgIpc) is 2.03. The second-order valence-electron chi connectivity index (χ2n) is 3.13. The van der Waals surface area contributed by atoms with E-state index in [1.54, 1.807) is 0 Å². The molecule has 0 aliphatic carbocycles. The van der Waals surface area contributed by atoms with Crippen molar-refractivity contribution in [2.75, 3.05) is 26.4 Å². The van der Waals surface area contributed by atoms with Gasteiger partial charge in [-0.25, -0.2) is 0 Å². The quantitative estimate of drug-likeness (QED) is 0.646. The Morgan fingerprint density at radius 2 is 2.27 bits per heavy atom. The summed E-state index contributed by atoms with van der Waals surface area (Å²) in [5.41, 5.74) is 0. The van der Waals surface area contributed by atoms with E-state index in [4.69, 9.17) is 9.47 Å². The van der Waals surface area contributed by atoms with E-state index >= 15 is 0 Å². The van der Waals surface area contributed by atoms with Crippen LogP contribution in [0.1, 0.15) is 13.8 Å². The molecule has 1 atom stereocenters. The summed E-state index contributed by atoms with van der Waals surface area (Å²) in [7, 11) is 0. The highest BCUT2D eigenvalue weighted by Crippen LogP contribution is 1.98. The highest BCUT2D eigenvalue weighted by Gasteiger charge is 2.13. The van der Waals surface area contributed by atoms with Gasteiger partial charge in [0.1, 0.15) is 0 Å². The lowest BCUT2D eigenvalue weighted by Crippen LogP contribution is -2.39. The van der Waals surface area contributed by atoms with Crippen LogP contribution in [0, 0.1) is 0 Å². The molecule has 3 heteroatoms. The zero-order valence-electron chi connectivity index (χ0n) is 7.30. The van der Waals surface area contributed by atoms with E-state index in [0.717, 1.165) is 26.4 Å². The molecule has 1 rings (SSSR count). The summed E-state index contributed by atoms with van der Waals surface area (Å²) in [6, 6.07) is 0.528. The standard InChI is InChI=1S/C8H17NO2/c1-7(2)9-5-8-6-10-3-4-11-8/h7-9H,3-6H2,1-2H3/t8-/m0/s1. The fourth-order valence-electron chi connectivity index (χ4n) is 1.02. The van der Waals surface area contributed by atoms with Crippen LogP contribution in [0.5, 0.6) is 0 Å². The minimum absolute atomic E-state index is 0.256. The van der Waals surface area contributed by atoms with Crippen LogP contribution in [0.2, 0.25) is 0 Å². The van der Waals surface area contributed by atoms with Gasteiger partial charge in [0.05, 0.1) is 25.9 Å². The Morgan fingerprint density at radius 3 is 2.82 bits per heavy atom. The Labute approximate surface area is 68.1 Å². The molecule has 0 saturated carbocycles. The van der Waals surface area contributed by atoms with Crippen molar-refractivity contribution in [3.05, 3.63) is 0 Å². The number of ether oxygens (including phenoxy) is 2. The predicted octanol–water partition coefficient (Wildman–Crippen LogP) is 0.400.